The standard InChI is InChI=1S/C9H9N3OS2/c1-5-7(11-6(2)15-5)8(13)12-9-10-3-4-14-9/h3-4H,1-2H3,(H,10,12,13). The second kappa shape index (κ2) is 4.08. The average Bonchev–Trinajstić information content (AvgIpc) is 2.75. The molecule has 0 saturated heterocycles. The molecule has 2 aromatic heterocycles. The number of aromatic nitrogens is 2. The van der Waals surface area contributed by atoms with Gasteiger partial charge >= 0.3 is 0 Å². The molecule has 6 heteroatoms. The largest absolute Gasteiger partial charge is 0.296 e. The van der Waals surface area contributed by atoms with Crippen molar-refractivity contribution < 1.29 is 4.79 Å². The number of hydrogen-bond acceptors (Lipinski definition) is 5. The maximum atomic E-state index is 11.7. The lowest BCUT2D eigenvalue weighted by atomic mass is 10.3. The highest BCUT2D eigenvalue weighted by Crippen LogP contribution is 2.18. The Labute approximate surface area is 95.0 Å². The molecule has 15 heavy (non-hydrogen) atoms. The van der Waals surface area contributed by atoms with Gasteiger partial charge in [-0.3, -0.25) is 10.1 Å². The fraction of sp³-hybridized carbons (Fsp3) is 0.222. The summed E-state index contributed by atoms with van der Waals surface area (Å²) in [7, 11) is 0. The lowest BCUT2D eigenvalue weighted by Gasteiger charge is -1.98. The Kier molecular flexibility index (Phi) is 2.79. The summed E-state index contributed by atoms with van der Waals surface area (Å²) in [6.45, 7) is 3.78. The lowest BCUT2D eigenvalue weighted by Crippen LogP contribution is -2.13. The van der Waals surface area contributed by atoms with Crippen LogP contribution in [0.4, 0.5) is 5.13 Å². The molecule has 2 rings (SSSR count). The van der Waals surface area contributed by atoms with Crippen LogP contribution in [0.1, 0.15) is 20.4 Å². The Morgan fingerprint density at radius 1 is 1.47 bits per heavy atom. The number of anilines is 1. The first kappa shape index (κ1) is 10.3. The molecule has 0 aliphatic rings. The molecule has 0 radical (unpaired) electrons. The van der Waals surface area contributed by atoms with Crippen LogP contribution in [-0.2, 0) is 0 Å². The molecule has 1 amide bonds. The molecule has 0 bridgehead atoms. The van der Waals surface area contributed by atoms with Crippen molar-refractivity contribution in [1.29, 1.82) is 0 Å². The van der Waals surface area contributed by atoms with Crippen molar-refractivity contribution in [2.75, 3.05) is 5.32 Å². The molecule has 0 aromatic carbocycles. The van der Waals surface area contributed by atoms with Crippen LogP contribution in [0.2, 0.25) is 0 Å². The summed E-state index contributed by atoms with van der Waals surface area (Å²) in [6.07, 6.45) is 1.65. The Balaban J connectivity index is 2.18. The molecule has 0 saturated carbocycles. The zero-order valence-corrected chi connectivity index (χ0v) is 9.91. The summed E-state index contributed by atoms with van der Waals surface area (Å²) in [6, 6.07) is 0. The maximum absolute atomic E-state index is 11.7. The Morgan fingerprint density at radius 3 is 2.80 bits per heavy atom. The summed E-state index contributed by atoms with van der Waals surface area (Å²) >= 11 is 2.91. The summed E-state index contributed by atoms with van der Waals surface area (Å²) in [5.41, 5.74) is 0.493. The minimum atomic E-state index is -0.188. The van der Waals surface area contributed by atoms with Gasteiger partial charge in [0.2, 0.25) is 0 Å². The number of carbonyl (C=O) groups is 1. The van der Waals surface area contributed by atoms with Gasteiger partial charge in [0.15, 0.2) is 5.13 Å². The van der Waals surface area contributed by atoms with Crippen LogP contribution in [-0.4, -0.2) is 15.9 Å². The van der Waals surface area contributed by atoms with Crippen molar-refractivity contribution in [2.45, 2.75) is 13.8 Å². The molecule has 2 aromatic rings. The van der Waals surface area contributed by atoms with Crippen LogP contribution >= 0.6 is 22.7 Å². The minimum Gasteiger partial charge on any atom is -0.296 e. The second-order valence-electron chi connectivity index (χ2n) is 2.93. The summed E-state index contributed by atoms with van der Waals surface area (Å²) < 4.78 is 0. The summed E-state index contributed by atoms with van der Waals surface area (Å²) in [5.74, 6) is -0.188. The summed E-state index contributed by atoms with van der Waals surface area (Å²) in [5, 5.41) is 6.02. The van der Waals surface area contributed by atoms with Gasteiger partial charge < -0.3 is 0 Å². The molecule has 0 spiro atoms. The van der Waals surface area contributed by atoms with Crippen LogP contribution in [0.15, 0.2) is 11.6 Å². The third-order valence-electron chi connectivity index (χ3n) is 1.77. The van der Waals surface area contributed by atoms with E-state index in [2.05, 4.69) is 15.3 Å². The van der Waals surface area contributed by atoms with Gasteiger partial charge in [-0.2, -0.15) is 0 Å². The third kappa shape index (κ3) is 2.21. The van der Waals surface area contributed by atoms with Crippen LogP contribution in [0.5, 0.6) is 0 Å². The van der Waals surface area contributed by atoms with Gasteiger partial charge in [0, 0.05) is 16.5 Å². The van der Waals surface area contributed by atoms with E-state index in [4.69, 9.17) is 0 Å². The van der Waals surface area contributed by atoms with Crippen LogP contribution < -0.4 is 5.32 Å². The van der Waals surface area contributed by atoms with E-state index >= 15 is 0 Å². The summed E-state index contributed by atoms with van der Waals surface area (Å²) in [4.78, 5) is 20.8. The van der Waals surface area contributed by atoms with Gasteiger partial charge in [0.05, 0.1) is 5.01 Å². The van der Waals surface area contributed by atoms with Gasteiger partial charge in [-0.25, -0.2) is 9.97 Å². The zero-order valence-electron chi connectivity index (χ0n) is 8.27. The van der Waals surface area contributed by atoms with Crippen LogP contribution in [0, 0.1) is 13.8 Å². The molecular formula is C9H9N3OS2. The molecule has 2 heterocycles. The quantitative estimate of drug-likeness (QED) is 0.875. The predicted octanol–water partition coefficient (Wildman–Crippen LogP) is 2.47. The zero-order chi connectivity index (χ0) is 10.8. The molecular weight excluding hydrogens is 230 g/mol. The van der Waals surface area contributed by atoms with Crippen molar-refractivity contribution >= 4 is 33.7 Å². The Bertz CT molecular complexity index is 476. The Hall–Kier alpha value is -1.27. The van der Waals surface area contributed by atoms with E-state index in [1.807, 2.05) is 19.2 Å². The fourth-order valence-corrected chi connectivity index (χ4v) is 2.52. The molecule has 1 N–H and O–H groups in total. The maximum Gasteiger partial charge on any atom is 0.277 e. The topological polar surface area (TPSA) is 54.9 Å². The molecule has 0 aliphatic carbocycles. The highest BCUT2D eigenvalue weighted by atomic mass is 32.1. The van der Waals surface area contributed by atoms with E-state index in [0.717, 1.165) is 9.88 Å². The third-order valence-corrected chi connectivity index (χ3v) is 3.35. The monoisotopic (exact) mass is 239 g/mol. The number of nitrogens with zero attached hydrogens (tertiary/aromatic N) is 2. The van der Waals surface area contributed by atoms with E-state index in [0.29, 0.717) is 10.8 Å². The van der Waals surface area contributed by atoms with E-state index in [9.17, 15) is 4.79 Å². The molecule has 4 nitrogen and oxygen atoms in total. The normalized spacial score (nSPS) is 10.3. The molecule has 0 unspecified atom stereocenters. The van der Waals surface area contributed by atoms with E-state index < -0.39 is 0 Å². The smallest absolute Gasteiger partial charge is 0.277 e. The number of carbonyl (C=O) groups excluding carboxylic acids is 1. The van der Waals surface area contributed by atoms with Crippen molar-refractivity contribution in [3.8, 4) is 0 Å². The molecule has 0 atom stereocenters. The number of nitrogens with one attached hydrogen (secondary N) is 1. The first-order valence-electron chi connectivity index (χ1n) is 4.31. The second-order valence-corrected chi connectivity index (χ2v) is 5.23. The van der Waals surface area contributed by atoms with Gasteiger partial charge in [-0.05, 0) is 13.8 Å². The van der Waals surface area contributed by atoms with Gasteiger partial charge in [0.25, 0.3) is 5.91 Å². The first-order chi connectivity index (χ1) is 7.16. The van der Waals surface area contributed by atoms with Crippen molar-refractivity contribution in [1.82, 2.24) is 9.97 Å². The van der Waals surface area contributed by atoms with Crippen LogP contribution in [0.3, 0.4) is 0 Å². The molecule has 0 fully saturated rings. The average molecular weight is 239 g/mol. The molecule has 0 aliphatic heterocycles. The van der Waals surface area contributed by atoms with Gasteiger partial charge in [-0.1, -0.05) is 0 Å². The fourth-order valence-electron chi connectivity index (χ4n) is 1.18. The minimum absolute atomic E-state index is 0.188. The van der Waals surface area contributed by atoms with E-state index in [1.54, 1.807) is 6.20 Å². The number of thiazole rings is 2. The highest BCUT2D eigenvalue weighted by molar-refractivity contribution is 7.13. The number of rotatable bonds is 2. The molecule has 78 valence electrons. The number of aryl methyl sites for hydroxylation is 2. The van der Waals surface area contributed by atoms with Crippen LogP contribution in [0.25, 0.3) is 0 Å². The van der Waals surface area contributed by atoms with Gasteiger partial charge in [0.1, 0.15) is 5.69 Å². The van der Waals surface area contributed by atoms with E-state index in [-0.39, 0.29) is 5.91 Å². The number of hydrogen-bond donors (Lipinski definition) is 1. The first-order valence-corrected chi connectivity index (χ1v) is 6.01. The Morgan fingerprint density at radius 2 is 2.27 bits per heavy atom. The predicted molar refractivity (Wildman–Crippen MR) is 61.7 cm³/mol. The van der Waals surface area contributed by atoms with Crippen molar-refractivity contribution in [2.24, 2.45) is 0 Å². The number of amides is 1. The SMILES string of the molecule is Cc1nc(C(=O)Nc2nccs2)c(C)s1. The lowest BCUT2D eigenvalue weighted by molar-refractivity contribution is 0.102. The van der Waals surface area contributed by atoms with Gasteiger partial charge in [-0.15, -0.1) is 22.7 Å². The van der Waals surface area contributed by atoms with E-state index in [1.165, 1.54) is 22.7 Å². The van der Waals surface area contributed by atoms with Crippen molar-refractivity contribution in [3.05, 3.63) is 27.2 Å². The van der Waals surface area contributed by atoms with Crippen molar-refractivity contribution in [3.63, 3.8) is 0 Å². The highest BCUT2D eigenvalue weighted by Gasteiger charge is 2.14.